The van der Waals surface area contributed by atoms with Gasteiger partial charge in [0.25, 0.3) is 5.88 Å². The molecule has 0 aliphatic rings. The van der Waals surface area contributed by atoms with Gasteiger partial charge in [0.2, 0.25) is 0 Å². The molecule has 0 N–H and O–H groups in total. The Morgan fingerprint density at radius 3 is 2.67 bits per heavy atom. The molecule has 0 fully saturated rings. The predicted octanol–water partition coefficient (Wildman–Crippen LogP) is 4.31. The standard InChI is InChI=1S/C14H16BrN3O3/c1-8(2)11-7-10(15)5-6-12(11)21-14-13(18(19)20)9(3)16-17(14)4/h5-8H,1-4H3. The minimum atomic E-state index is -0.467. The summed E-state index contributed by atoms with van der Waals surface area (Å²) in [7, 11) is 1.63. The van der Waals surface area contributed by atoms with Gasteiger partial charge in [-0.2, -0.15) is 5.10 Å². The van der Waals surface area contributed by atoms with Gasteiger partial charge in [-0.15, -0.1) is 0 Å². The van der Waals surface area contributed by atoms with Crippen LogP contribution in [0.1, 0.15) is 31.0 Å². The van der Waals surface area contributed by atoms with Gasteiger partial charge in [0.15, 0.2) is 0 Å². The topological polar surface area (TPSA) is 70.2 Å². The van der Waals surface area contributed by atoms with Crippen molar-refractivity contribution < 1.29 is 9.66 Å². The van der Waals surface area contributed by atoms with Crippen LogP contribution in [0.3, 0.4) is 0 Å². The summed E-state index contributed by atoms with van der Waals surface area (Å²) in [5.41, 5.74) is 1.20. The molecule has 0 unspecified atom stereocenters. The lowest BCUT2D eigenvalue weighted by atomic mass is 10.0. The zero-order valence-corrected chi connectivity index (χ0v) is 13.8. The number of ether oxygens (including phenoxy) is 1. The van der Waals surface area contributed by atoms with Crippen molar-refractivity contribution in [3.63, 3.8) is 0 Å². The fourth-order valence-corrected chi connectivity index (χ4v) is 2.50. The molecule has 0 radical (unpaired) electrons. The van der Waals surface area contributed by atoms with E-state index in [4.69, 9.17) is 4.74 Å². The summed E-state index contributed by atoms with van der Waals surface area (Å²) in [5.74, 6) is 0.965. The molecule has 0 saturated carbocycles. The van der Waals surface area contributed by atoms with Gasteiger partial charge in [-0.3, -0.25) is 10.1 Å². The summed E-state index contributed by atoms with van der Waals surface area (Å²) in [4.78, 5) is 10.7. The smallest absolute Gasteiger partial charge is 0.353 e. The molecule has 0 saturated heterocycles. The summed E-state index contributed by atoms with van der Waals surface area (Å²) in [6, 6.07) is 5.59. The highest BCUT2D eigenvalue weighted by Crippen LogP contribution is 2.37. The fourth-order valence-electron chi connectivity index (χ4n) is 2.12. The average Bonchev–Trinajstić information content (AvgIpc) is 2.66. The van der Waals surface area contributed by atoms with E-state index in [1.165, 1.54) is 4.68 Å². The number of aryl methyl sites for hydroxylation is 2. The van der Waals surface area contributed by atoms with Crippen LogP contribution in [0.2, 0.25) is 0 Å². The minimum absolute atomic E-state index is 0.102. The Hall–Kier alpha value is -1.89. The van der Waals surface area contributed by atoms with E-state index in [-0.39, 0.29) is 17.5 Å². The Morgan fingerprint density at radius 2 is 2.10 bits per heavy atom. The minimum Gasteiger partial charge on any atom is -0.434 e. The van der Waals surface area contributed by atoms with Crippen LogP contribution in [-0.4, -0.2) is 14.7 Å². The number of rotatable bonds is 4. The van der Waals surface area contributed by atoms with Crippen LogP contribution in [0.4, 0.5) is 5.69 Å². The maximum Gasteiger partial charge on any atom is 0.353 e. The Morgan fingerprint density at radius 1 is 1.43 bits per heavy atom. The third-order valence-electron chi connectivity index (χ3n) is 3.12. The van der Waals surface area contributed by atoms with Crippen LogP contribution in [0.25, 0.3) is 0 Å². The van der Waals surface area contributed by atoms with E-state index in [9.17, 15) is 10.1 Å². The first-order valence-electron chi connectivity index (χ1n) is 6.46. The molecule has 2 aromatic rings. The van der Waals surface area contributed by atoms with Crippen molar-refractivity contribution in [2.24, 2.45) is 7.05 Å². The molecule has 0 bridgehead atoms. The molecule has 0 aliphatic heterocycles. The van der Waals surface area contributed by atoms with Gasteiger partial charge in [-0.05, 0) is 36.6 Å². The van der Waals surface area contributed by atoms with Crippen molar-refractivity contribution >= 4 is 21.6 Å². The zero-order valence-electron chi connectivity index (χ0n) is 12.3. The summed E-state index contributed by atoms with van der Waals surface area (Å²) in [5, 5.41) is 15.2. The van der Waals surface area contributed by atoms with E-state index < -0.39 is 4.92 Å². The number of halogens is 1. The van der Waals surface area contributed by atoms with Gasteiger partial charge in [-0.1, -0.05) is 29.8 Å². The molecular weight excluding hydrogens is 338 g/mol. The molecule has 1 aromatic heterocycles. The second-order valence-corrected chi connectivity index (χ2v) is 5.97. The number of nitro groups is 1. The molecule has 6 nitrogen and oxygen atoms in total. The molecule has 1 aromatic carbocycles. The highest BCUT2D eigenvalue weighted by atomic mass is 79.9. The molecule has 0 atom stereocenters. The Bertz CT molecular complexity index is 695. The van der Waals surface area contributed by atoms with Gasteiger partial charge in [-0.25, -0.2) is 4.68 Å². The van der Waals surface area contributed by atoms with Crippen molar-refractivity contribution in [3.8, 4) is 11.6 Å². The quantitative estimate of drug-likeness (QED) is 0.606. The van der Waals surface area contributed by atoms with E-state index in [1.54, 1.807) is 20.0 Å². The van der Waals surface area contributed by atoms with Gasteiger partial charge in [0, 0.05) is 11.5 Å². The second kappa shape index (κ2) is 5.85. The van der Waals surface area contributed by atoms with E-state index in [1.807, 2.05) is 26.0 Å². The van der Waals surface area contributed by atoms with Gasteiger partial charge >= 0.3 is 5.69 Å². The van der Waals surface area contributed by atoms with Gasteiger partial charge in [0.05, 0.1) is 4.92 Å². The lowest BCUT2D eigenvalue weighted by Gasteiger charge is -2.13. The molecule has 1 heterocycles. The Labute approximate surface area is 131 Å². The summed E-state index contributed by atoms with van der Waals surface area (Å²) in [6.07, 6.45) is 0. The fraction of sp³-hybridized carbons (Fsp3) is 0.357. The van der Waals surface area contributed by atoms with Crippen molar-refractivity contribution in [1.29, 1.82) is 0 Å². The zero-order chi connectivity index (χ0) is 15.7. The van der Waals surface area contributed by atoms with Crippen molar-refractivity contribution in [2.45, 2.75) is 26.7 Å². The average molecular weight is 354 g/mol. The highest BCUT2D eigenvalue weighted by Gasteiger charge is 2.27. The number of hydrogen-bond acceptors (Lipinski definition) is 4. The van der Waals surface area contributed by atoms with Crippen molar-refractivity contribution in [1.82, 2.24) is 9.78 Å². The maximum atomic E-state index is 11.2. The molecule has 7 heteroatoms. The third-order valence-corrected chi connectivity index (χ3v) is 3.62. The SMILES string of the molecule is Cc1nn(C)c(Oc2ccc(Br)cc2C(C)C)c1[N+](=O)[O-]. The van der Waals surface area contributed by atoms with Crippen LogP contribution >= 0.6 is 15.9 Å². The molecule has 112 valence electrons. The monoisotopic (exact) mass is 353 g/mol. The number of hydrogen-bond donors (Lipinski definition) is 0. The van der Waals surface area contributed by atoms with Gasteiger partial charge in [0.1, 0.15) is 11.4 Å². The van der Waals surface area contributed by atoms with Gasteiger partial charge < -0.3 is 4.74 Å². The van der Waals surface area contributed by atoms with Crippen LogP contribution in [0.5, 0.6) is 11.6 Å². The third kappa shape index (κ3) is 3.07. The number of nitrogens with zero attached hydrogens (tertiary/aromatic N) is 3. The predicted molar refractivity (Wildman–Crippen MR) is 82.9 cm³/mol. The second-order valence-electron chi connectivity index (χ2n) is 5.06. The Kier molecular flexibility index (Phi) is 4.32. The first-order chi connectivity index (χ1) is 9.81. The lowest BCUT2D eigenvalue weighted by Crippen LogP contribution is -2.00. The van der Waals surface area contributed by atoms with Crippen LogP contribution in [0.15, 0.2) is 22.7 Å². The highest BCUT2D eigenvalue weighted by molar-refractivity contribution is 9.10. The van der Waals surface area contributed by atoms with E-state index in [2.05, 4.69) is 21.0 Å². The summed E-state index contributed by atoms with van der Waals surface area (Å²) < 4.78 is 8.14. The van der Waals surface area contributed by atoms with E-state index in [0.717, 1.165) is 10.0 Å². The van der Waals surface area contributed by atoms with Crippen molar-refractivity contribution in [3.05, 3.63) is 44.0 Å². The molecule has 0 aliphatic carbocycles. The number of benzene rings is 1. The molecule has 0 amide bonds. The van der Waals surface area contributed by atoms with Crippen LogP contribution in [0, 0.1) is 17.0 Å². The molecule has 0 spiro atoms. The lowest BCUT2D eigenvalue weighted by molar-refractivity contribution is -0.386. The first kappa shape index (κ1) is 15.5. The normalized spacial score (nSPS) is 11.0. The van der Waals surface area contributed by atoms with Crippen molar-refractivity contribution in [2.75, 3.05) is 0 Å². The summed E-state index contributed by atoms with van der Waals surface area (Å²) in [6.45, 7) is 5.67. The first-order valence-corrected chi connectivity index (χ1v) is 7.25. The largest absolute Gasteiger partial charge is 0.434 e. The molecule has 2 rings (SSSR count). The Balaban J connectivity index is 2.51. The summed E-state index contributed by atoms with van der Waals surface area (Å²) >= 11 is 3.42. The van der Waals surface area contributed by atoms with E-state index >= 15 is 0 Å². The maximum absolute atomic E-state index is 11.2. The van der Waals surface area contributed by atoms with Crippen LogP contribution in [-0.2, 0) is 7.05 Å². The number of aromatic nitrogens is 2. The molecular formula is C14H16BrN3O3. The van der Waals surface area contributed by atoms with Crippen LogP contribution < -0.4 is 4.74 Å². The van der Waals surface area contributed by atoms with E-state index in [0.29, 0.717) is 11.4 Å². The molecule has 21 heavy (non-hydrogen) atoms.